The van der Waals surface area contributed by atoms with Crippen molar-refractivity contribution in [2.75, 3.05) is 188 Å². The van der Waals surface area contributed by atoms with Crippen molar-refractivity contribution < 1.29 is 127 Å². The van der Waals surface area contributed by atoms with Gasteiger partial charge in [0, 0.05) is 124 Å². The molecule has 10 rings (SSSR count). The summed E-state index contributed by atoms with van der Waals surface area (Å²) in [7, 11) is -8.23. The number of fused-ring (bicyclic) bond motifs is 4. The van der Waals surface area contributed by atoms with Crippen molar-refractivity contribution >= 4 is 145 Å². The standard InChI is InChI=1S/C14H24N2O6S.C14H30N2O3SSi.C10H17NO4S.C8H12N2O5S.C8H16N2O3S.C8H12N2O3S.C4H9NO3.ClH/c1-14(2,3)22-13(20)16-5-6-23-8-10(16)11(18)15-9(7-17)12(19)21-4;1-14(2,3)21(4,5)19-10-12-9-16-6-7-20(17,18)11-13(16)8-15-12;1-10(2,3)15-9(14)11-4-5-16-6-7(11)8(12)13;11-3-5-8(13)10-1-2-16(14,15)4-6(10)7(12)9-5;11-5-7-4-10-1-2-14(12,13)6-8(10)3-9-7;11-3-5-8(13)10-1-2-14-4-6(10)7(12)9-5;1-8-4(7)3(5)2-6;/h9-10,17H,5-8H2,1-4H3,(H,15,18);12-13,15H,6-11H2,1-5H3;7H,4-6H2,1-3H3,(H,12,13);5-6,11H,1-4H2,(H,9,12);7-9,11H,1-6H2;5-6,11H,1-4H2,(H,9,12);3,6H,2,5H2,1H3;1H/t9-,10?;12-,13?;;5-,6?;7-,8?;5-,6?;3-;/m10.1011./s1. The summed E-state index contributed by atoms with van der Waals surface area (Å²) in [5, 5.41) is 67.2. The Labute approximate surface area is 682 Å². The van der Waals surface area contributed by atoms with E-state index >= 15 is 0 Å². The number of methoxy groups -OCH3 is 2. The van der Waals surface area contributed by atoms with Crippen molar-refractivity contribution in [3.63, 3.8) is 0 Å². The highest BCUT2D eigenvalue weighted by Gasteiger charge is 2.47. The van der Waals surface area contributed by atoms with Crippen LogP contribution >= 0.6 is 47.7 Å². The van der Waals surface area contributed by atoms with Crippen LogP contribution in [0.25, 0.3) is 0 Å². The van der Waals surface area contributed by atoms with Crippen LogP contribution in [0.5, 0.6) is 0 Å². The number of aliphatic hydroxyl groups is 5. The SMILES string of the molecule is CC(C)(C)OC(=O)N1CCSCC1C(=O)O.CC(C)(C)[Si](C)(C)OC[C@@H]1CN2CCS(=O)(=O)CC2CN1.COC(=O)[C@@H](CO)NC(=O)C1CSCCN1C(=O)OC(C)(C)C.COC(=O)[C@H](N)CO.Cl.O=C1N[C@H](CO)C(=O)N2CCS(=O)(=O)CC12.O=C1N[C@H](CO)C(=O)N2CCSCC12.O=S1(=O)CCN2C[C@@H](CO)NCC2C1. The average molecular weight is 1770 g/mol. The zero-order valence-electron chi connectivity index (χ0n) is 66.6. The fraction of sp³-hybridized carbons (Fsp3) is 0.848. The Kier molecular flexibility index (Phi) is 41.7. The zero-order valence-corrected chi connectivity index (χ0v) is 73.3. The van der Waals surface area contributed by atoms with Gasteiger partial charge in [0.05, 0.1) is 88.4 Å². The molecular weight excluding hydrogens is 1650 g/mol. The van der Waals surface area contributed by atoms with E-state index in [1.165, 1.54) is 40.7 Å². The molecule has 0 radical (unpaired) electrons. The summed E-state index contributed by atoms with van der Waals surface area (Å²) < 4.78 is 94.2. The molecule has 47 heteroatoms. The number of carboxylic acid groups (broad SMARTS) is 1. The number of aliphatic carboxylic acids is 1. The highest BCUT2D eigenvalue weighted by atomic mass is 35.5. The number of carboxylic acids is 1. The third-order valence-electron chi connectivity index (χ3n) is 19.3. The second-order valence-corrected chi connectivity index (χ2v) is 46.2. The Hall–Kier alpha value is -4.73. The van der Waals surface area contributed by atoms with Gasteiger partial charge in [0.15, 0.2) is 43.9 Å². The van der Waals surface area contributed by atoms with Crippen LogP contribution in [-0.4, -0.2) is 425 Å². The first-order chi connectivity index (χ1) is 52.0. The highest BCUT2D eigenvalue weighted by molar-refractivity contribution is 7.99. The first-order valence-electron chi connectivity index (χ1n) is 36.6. The molecule has 39 nitrogen and oxygen atoms in total. The minimum Gasteiger partial charge on any atom is -0.480 e. The van der Waals surface area contributed by atoms with E-state index in [2.05, 4.69) is 79.7 Å². The molecular formula is C66H121ClN12O27S6Si. The average Bonchev–Trinajstić information content (AvgIpc) is 0.750. The van der Waals surface area contributed by atoms with Crippen molar-refractivity contribution in [2.24, 2.45) is 5.73 Å². The van der Waals surface area contributed by atoms with Gasteiger partial charge in [-0.05, 0) is 59.7 Å². The number of aliphatic hydroxyl groups excluding tert-OH is 5. The Morgan fingerprint density at radius 1 is 0.575 bits per heavy atom. The fourth-order valence-corrected chi connectivity index (χ4v) is 20.8. The number of nitrogens with zero attached hydrogens (tertiary/aromatic N) is 6. The predicted molar refractivity (Wildman–Crippen MR) is 428 cm³/mol. The lowest BCUT2D eigenvalue weighted by Gasteiger charge is -2.44. The van der Waals surface area contributed by atoms with Gasteiger partial charge >= 0.3 is 30.1 Å². The maximum Gasteiger partial charge on any atom is 0.411 e. The number of ether oxygens (including phenoxy) is 4. The molecule has 12 atom stereocenters. The van der Waals surface area contributed by atoms with Gasteiger partial charge in [-0.15, -0.1) is 12.4 Å². The second kappa shape index (κ2) is 46.0. The Balaban J connectivity index is 0.000000346. The summed E-state index contributed by atoms with van der Waals surface area (Å²) in [5.41, 5.74) is 3.75. The number of amides is 7. The van der Waals surface area contributed by atoms with Crippen molar-refractivity contribution in [3.8, 4) is 0 Å². The number of sulfone groups is 3. The topological polar surface area (TPSA) is 546 Å². The molecule has 113 heavy (non-hydrogen) atoms. The van der Waals surface area contributed by atoms with Gasteiger partial charge in [0.2, 0.25) is 29.5 Å². The van der Waals surface area contributed by atoms with Crippen molar-refractivity contribution in [1.82, 2.24) is 56.0 Å². The number of hydrogen-bond acceptors (Lipinski definition) is 34. The third-order valence-corrected chi connectivity index (χ3v) is 31.9. The molecule has 0 aromatic heterocycles. The third kappa shape index (κ3) is 32.8. The molecule has 0 aromatic carbocycles. The number of piperazine rings is 4. The Morgan fingerprint density at radius 3 is 1.43 bits per heavy atom. The molecule has 0 aromatic rings. The maximum atomic E-state index is 12.4. The summed E-state index contributed by atoms with van der Waals surface area (Å²) in [6.07, 6.45) is -1.11. The van der Waals surface area contributed by atoms with Gasteiger partial charge in [-0.3, -0.25) is 48.4 Å². The lowest BCUT2D eigenvalue weighted by Crippen LogP contribution is -2.68. The molecule has 0 aliphatic carbocycles. The molecule has 10 aliphatic rings. The number of carbonyl (C=O) groups is 10. The summed E-state index contributed by atoms with van der Waals surface area (Å²) in [6, 6.07) is -5.84. The Bertz CT molecular complexity index is 3530. The van der Waals surface area contributed by atoms with Crippen LogP contribution in [0.2, 0.25) is 18.1 Å². The van der Waals surface area contributed by atoms with E-state index in [0.717, 1.165) is 37.7 Å². The predicted octanol–water partition coefficient (Wildman–Crippen LogP) is -5.03. The van der Waals surface area contributed by atoms with Crippen LogP contribution in [0.4, 0.5) is 9.59 Å². The normalized spacial score (nSPS) is 27.1. The van der Waals surface area contributed by atoms with Gasteiger partial charge < -0.3 is 96.1 Å². The van der Waals surface area contributed by atoms with E-state index in [1.807, 2.05) is 0 Å². The molecule has 10 heterocycles. The van der Waals surface area contributed by atoms with Crippen LogP contribution in [0.1, 0.15) is 62.3 Å². The van der Waals surface area contributed by atoms with Crippen molar-refractivity contribution in [2.45, 2.75) is 164 Å². The number of halogens is 1. The van der Waals surface area contributed by atoms with Crippen LogP contribution in [-0.2, 0) is 91.2 Å². The molecule has 10 saturated heterocycles. The van der Waals surface area contributed by atoms with Crippen LogP contribution in [0.15, 0.2) is 0 Å². The lowest BCUT2D eigenvalue weighted by atomic mass is 10.1. The second-order valence-electron chi connectivity index (χ2n) is 31.2. The van der Waals surface area contributed by atoms with Gasteiger partial charge in [0.25, 0.3) is 0 Å². The number of carbonyl (C=O) groups excluding carboxylic acids is 9. The molecule has 10 fully saturated rings. The summed E-state index contributed by atoms with van der Waals surface area (Å²) in [6.45, 7) is 26.7. The molecule has 13 N–H and O–H groups in total. The first-order valence-corrected chi connectivity index (χ1v) is 48.5. The van der Waals surface area contributed by atoms with Crippen molar-refractivity contribution in [3.05, 3.63) is 0 Å². The number of nitrogens with two attached hydrogens (primary N) is 1. The number of rotatable bonds is 13. The monoisotopic (exact) mass is 1770 g/mol. The van der Waals surface area contributed by atoms with Crippen LogP contribution in [0, 0.1) is 0 Å². The summed E-state index contributed by atoms with van der Waals surface area (Å²) in [5.74, 6) is 0.427. The van der Waals surface area contributed by atoms with E-state index in [1.54, 1.807) is 70.0 Å². The minimum atomic E-state index is -3.25. The highest BCUT2D eigenvalue weighted by Crippen LogP contribution is 2.37. The number of thioether (sulfide) groups is 3. The van der Waals surface area contributed by atoms with Crippen LogP contribution in [0.3, 0.4) is 0 Å². The smallest absolute Gasteiger partial charge is 0.411 e. The zero-order chi connectivity index (χ0) is 84.7. The largest absolute Gasteiger partial charge is 0.480 e. The van der Waals surface area contributed by atoms with E-state index in [0.29, 0.717) is 79.8 Å². The molecule has 10 aliphatic heterocycles. The van der Waals surface area contributed by atoms with E-state index in [4.69, 9.17) is 45.2 Å². The van der Waals surface area contributed by atoms with Crippen molar-refractivity contribution in [1.29, 1.82) is 0 Å². The first kappa shape index (κ1) is 102. The molecule has 0 spiro atoms. The van der Waals surface area contributed by atoms with E-state index < -0.39 is 152 Å². The molecule has 7 amide bonds. The minimum absolute atomic E-state index is 0. The van der Waals surface area contributed by atoms with Gasteiger partial charge in [-0.2, -0.15) is 35.3 Å². The summed E-state index contributed by atoms with van der Waals surface area (Å²) >= 11 is 4.75. The quantitative estimate of drug-likeness (QED) is 0.0466. The van der Waals surface area contributed by atoms with Gasteiger partial charge in [-0.25, -0.2) is 44.4 Å². The summed E-state index contributed by atoms with van der Waals surface area (Å²) in [4.78, 5) is 125. The van der Waals surface area contributed by atoms with Gasteiger partial charge in [0.1, 0.15) is 53.5 Å². The molecule has 6 unspecified atom stereocenters. The molecule has 0 bridgehead atoms. The van der Waals surface area contributed by atoms with E-state index in [-0.39, 0.29) is 103 Å². The fourth-order valence-electron chi connectivity index (χ4n) is 12.0. The maximum absolute atomic E-state index is 12.4. The number of esters is 2. The Morgan fingerprint density at radius 2 is 1.00 bits per heavy atom. The molecule has 0 saturated carbocycles. The van der Waals surface area contributed by atoms with E-state index in [9.17, 15) is 78.3 Å². The lowest BCUT2D eigenvalue weighted by molar-refractivity contribution is -0.149. The van der Waals surface area contributed by atoms with Crippen LogP contribution < -0.4 is 32.3 Å². The van der Waals surface area contributed by atoms with Gasteiger partial charge in [-0.1, -0.05) is 20.8 Å². The number of nitrogens with one attached hydrogen (secondary N) is 5. The molecule has 654 valence electrons. The number of hydrogen-bond donors (Lipinski definition) is 12.